The molecule has 0 radical (unpaired) electrons. The van der Waals surface area contributed by atoms with Crippen molar-refractivity contribution in [3.8, 4) is 0 Å². The summed E-state index contributed by atoms with van der Waals surface area (Å²) in [4.78, 5) is 30.8. The first-order chi connectivity index (χ1) is 10.0. The second-order valence-corrected chi connectivity index (χ2v) is 6.62. The van der Waals surface area contributed by atoms with Gasteiger partial charge in [0.1, 0.15) is 0 Å². The van der Waals surface area contributed by atoms with Crippen molar-refractivity contribution in [2.75, 3.05) is 32.2 Å². The third kappa shape index (κ3) is 2.60. The van der Waals surface area contributed by atoms with Gasteiger partial charge in [0.05, 0.1) is 38.0 Å². The lowest BCUT2D eigenvalue weighted by Crippen LogP contribution is -2.49. The molecule has 0 bridgehead atoms. The van der Waals surface area contributed by atoms with Crippen LogP contribution in [0.1, 0.15) is 17.5 Å². The Kier molecular flexibility index (Phi) is 3.58. The summed E-state index contributed by atoms with van der Waals surface area (Å²) in [7, 11) is 1.37. The lowest BCUT2D eigenvalue weighted by molar-refractivity contribution is -0.151. The molecule has 1 aromatic rings. The van der Waals surface area contributed by atoms with Crippen molar-refractivity contribution in [1.82, 2.24) is 9.88 Å². The van der Waals surface area contributed by atoms with Gasteiger partial charge in [-0.15, -0.1) is 0 Å². The smallest absolute Gasteiger partial charge is 0.409 e. The third-order valence-electron chi connectivity index (χ3n) is 3.77. The lowest BCUT2D eigenvalue weighted by Gasteiger charge is -2.35. The summed E-state index contributed by atoms with van der Waals surface area (Å²) < 4.78 is 9.83. The second-order valence-electron chi connectivity index (χ2n) is 5.54. The topological polar surface area (TPSA) is 80.8 Å². The van der Waals surface area contributed by atoms with Gasteiger partial charge in [0, 0.05) is 17.8 Å². The number of ether oxygens (including phenoxy) is 2. The summed E-state index contributed by atoms with van der Waals surface area (Å²) in [5.74, 6) is -0.0651. The number of hydrogen-bond acceptors (Lipinski definition) is 6. The van der Waals surface area contributed by atoms with Crippen molar-refractivity contribution in [3.63, 3.8) is 0 Å². The Bertz CT molecular complexity index is 582. The van der Waals surface area contributed by atoms with Crippen molar-refractivity contribution >= 4 is 28.5 Å². The fourth-order valence-corrected chi connectivity index (χ4v) is 3.34. The van der Waals surface area contributed by atoms with Gasteiger partial charge >= 0.3 is 6.09 Å². The minimum Gasteiger partial charge on any atom is -0.453 e. The van der Waals surface area contributed by atoms with E-state index in [1.165, 1.54) is 18.4 Å². The SMILES string of the molecule is COC(=O)N1CCc2nc(NC(=O)C3(C)COC3)sc2C1. The lowest BCUT2D eigenvalue weighted by atomic mass is 9.88. The highest BCUT2D eigenvalue weighted by Crippen LogP contribution is 2.32. The number of thiazole rings is 1. The Morgan fingerprint density at radius 1 is 1.48 bits per heavy atom. The first-order valence-electron chi connectivity index (χ1n) is 6.72. The molecule has 1 fully saturated rings. The highest BCUT2D eigenvalue weighted by molar-refractivity contribution is 7.15. The number of anilines is 1. The van der Waals surface area contributed by atoms with E-state index < -0.39 is 5.41 Å². The number of methoxy groups -OCH3 is 1. The number of amides is 2. The quantitative estimate of drug-likeness (QED) is 0.889. The summed E-state index contributed by atoms with van der Waals surface area (Å²) in [6, 6.07) is 0. The molecule has 21 heavy (non-hydrogen) atoms. The highest BCUT2D eigenvalue weighted by Gasteiger charge is 2.41. The molecule has 0 aliphatic carbocycles. The average Bonchev–Trinajstić information content (AvgIpc) is 2.84. The molecule has 2 amide bonds. The molecule has 2 aliphatic rings. The minimum atomic E-state index is -0.454. The maximum Gasteiger partial charge on any atom is 0.409 e. The molecule has 7 nitrogen and oxygen atoms in total. The summed E-state index contributed by atoms with van der Waals surface area (Å²) in [5, 5.41) is 3.44. The van der Waals surface area contributed by atoms with Gasteiger partial charge < -0.3 is 19.7 Å². The third-order valence-corrected chi connectivity index (χ3v) is 4.77. The maximum atomic E-state index is 12.1. The molecule has 0 saturated carbocycles. The van der Waals surface area contributed by atoms with Crippen LogP contribution in [0, 0.1) is 5.41 Å². The predicted molar refractivity (Wildman–Crippen MR) is 76.2 cm³/mol. The van der Waals surface area contributed by atoms with Gasteiger partial charge in [-0.05, 0) is 6.92 Å². The van der Waals surface area contributed by atoms with Crippen molar-refractivity contribution in [1.29, 1.82) is 0 Å². The summed E-state index contributed by atoms with van der Waals surface area (Å²) in [6.45, 7) is 3.83. The van der Waals surface area contributed by atoms with Crippen LogP contribution in [0.4, 0.5) is 9.93 Å². The number of rotatable bonds is 2. The fraction of sp³-hybridized carbons (Fsp3) is 0.615. The molecule has 3 heterocycles. The summed E-state index contributed by atoms with van der Waals surface area (Å²) in [6.07, 6.45) is 0.343. The van der Waals surface area contributed by atoms with E-state index in [1.54, 1.807) is 4.90 Å². The number of hydrogen-bond donors (Lipinski definition) is 1. The predicted octanol–water partition coefficient (Wildman–Crippen LogP) is 1.24. The van der Waals surface area contributed by atoms with Gasteiger partial charge in [-0.2, -0.15) is 0 Å². The average molecular weight is 311 g/mol. The van der Waals surface area contributed by atoms with Gasteiger partial charge in [0.2, 0.25) is 5.91 Å². The molecular weight excluding hydrogens is 294 g/mol. The van der Waals surface area contributed by atoms with Gasteiger partial charge in [-0.3, -0.25) is 4.79 Å². The first kappa shape index (κ1) is 14.3. The normalized spacial score (nSPS) is 19.4. The van der Waals surface area contributed by atoms with Crippen molar-refractivity contribution < 1.29 is 19.1 Å². The Morgan fingerprint density at radius 3 is 2.86 bits per heavy atom. The first-order valence-corrected chi connectivity index (χ1v) is 7.54. The zero-order valence-electron chi connectivity index (χ0n) is 12.0. The van der Waals surface area contributed by atoms with Crippen LogP contribution in [-0.4, -0.2) is 48.8 Å². The number of carbonyl (C=O) groups excluding carboxylic acids is 2. The Morgan fingerprint density at radius 2 is 2.24 bits per heavy atom. The molecule has 1 N–H and O–H groups in total. The largest absolute Gasteiger partial charge is 0.453 e. The van der Waals surface area contributed by atoms with E-state index in [0.29, 0.717) is 37.9 Å². The number of fused-ring (bicyclic) bond motifs is 1. The van der Waals surface area contributed by atoms with Crippen LogP contribution in [0.3, 0.4) is 0 Å². The Balaban J connectivity index is 1.69. The van der Waals surface area contributed by atoms with E-state index in [9.17, 15) is 9.59 Å². The molecule has 0 atom stereocenters. The number of nitrogens with zero attached hydrogens (tertiary/aromatic N) is 2. The molecular formula is C13H17N3O4S. The van der Waals surface area contributed by atoms with Crippen LogP contribution in [0.15, 0.2) is 0 Å². The van der Waals surface area contributed by atoms with E-state index in [1.807, 2.05) is 6.92 Å². The molecule has 0 aromatic carbocycles. The van der Waals surface area contributed by atoms with E-state index in [0.717, 1.165) is 10.6 Å². The van der Waals surface area contributed by atoms with Crippen LogP contribution in [0.2, 0.25) is 0 Å². The monoisotopic (exact) mass is 311 g/mol. The standard InChI is InChI=1S/C13H17N3O4S/c1-13(6-20-7-13)10(17)15-11-14-8-3-4-16(12(18)19-2)5-9(8)21-11/h3-7H2,1-2H3,(H,14,15,17). The van der Waals surface area contributed by atoms with Crippen LogP contribution >= 0.6 is 11.3 Å². The van der Waals surface area contributed by atoms with Crippen LogP contribution in [0.25, 0.3) is 0 Å². The molecule has 1 saturated heterocycles. The molecule has 3 rings (SSSR count). The van der Waals surface area contributed by atoms with Crippen molar-refractivity contribution in [2.24, 2.45) is 5.41 Å². The zero-order chi connectivity index (χ0) is 15.0. The molecule has 2 aliphatic heterocycles. The molecule has 114 valence electrons. The number of carbonyl (C=O) groups is 2. The van der Waals surface area contributed by atoms with E-state index in [2.05, 4.69) is 10.3 Å². The van der Waals surface area contributed by atoms with E-state index >= 15 is 0 Å². The Labute approximate surface area is 126 Å². The second kappa shape index (κ2) is 5.27. The number of aromatic nitrogens is 1. The van der Waals surface area contributed by atoms with Crippen LogP contribution in [0.5, 0.6) is 0 Å². The number of nitrogens with one attached hydrogen (secondary N) is 1. The zero-order valence-corrected chi connectivity index (χ0v) is 12.8. The van der Waals surface area contributed by atoms with Crippen LogP contribution in [-0.2, 0) is 27.2 Å². The minimum absolute atomic E-state index is 0.0651. The van der Waals surface area contributed by atoms with Crippen molar-refractivity contribution in [3.05, 3.63) is 10.6 Å². The molecule has 0 spiro atoms. The van der Waals surface area contributed by atoms with Gasteiger partial charge in [0.15, 0.2) is 5.13 Å². The highest BCUT2D eigenvalue weighted by atomic mass is 32.1. The van der Waals surface area contributed by atoms with E-state index in [-0.39, 0.29) is 12.0 Å². The maximum absolute atomic E-state index is 12.1. The van der Waals surface area contributed by atoms with Gasteiger partial charge in [-0.25, -0.2) is 9.78 Å². The summed E-state index contributed by atoms with van der Waals surface area (Å²) >= 11 is 1.41. The van der Waals surface area contributed by atoms with Crippen molar-refractivity contribution in [2.45, 2.75) is 19.9 Å². The van der Waals surface area contributed by atoms with Crippen LogP contribution < -0.4 is 5.32 Å². The molecule has 0 unspecified atom stereocenters. The Hall–Kier alpha value is -1.67. The van der Waals surface area contributed by atoms with E-state index in [4.69, 9.17) is 9.47 Å². The fourth-order valence-electron chi connectivity index (χ4n) is 2.32. The van der Waals surface area contributed by atoms with Gasteiger partial charge in [0.25, 0.3) is 0 Å². The van der Waals surface area contributed by atoms with Gasteiger partial charge in [-0.1, -0.05) is 11.3 Å². The summed E-state index contributed by atoms with van der Waals surface area (Å²) in [5.41, 5.74) is 0.495. The molecule has 1 aromatic heterocycles. The molecule has 8 heteroatoms.